The first-order valence-electron chi connectivity index (χ1n) is 7.41. The molecular formula is C14H25N5O2. The predicted molar refractivity (Wildman–Crippen MR) is 78.8 cm³/mol. The van der Waals surface area contributed by atoms with Crippen LogP contribution < -0.4 is 5.32 Å². The van der Waals surface area contributed by atoms with Gasteiger partial charge in [0, 0.05) is 31.6 Å². The highest BCUT2D eigenvalue weighted by Crippen LogP contribution is 2.12. The maximum atomic E-state index is 12.2. The fourth-order valence-electron chi connectivity index (χ4n) is 2.59. The van der Waals surface area contributed by atoms with Crippen molar-refractivity contribution in [2.24, 2.45) is 0 Å². The van der Waals surface area contributed by atoms with Gasteiger partial charge in [-0.05, 0) is 20.8 Å². The lowest BCUT2D eigenvalue weighted by Gasteiger charge is -2.35. The van der Waals surface area contributed by atoms with E-state index in [2.05, 4.69) is 34.1 Å². The Bertz CT molecular complexity index is 440. The number of amides is 1. The summed E-state index contributed by atoms with van der Waals surface area (Å²) >= 11 is 0. The van der Waals surface area contributed by atoms with Crippen molar-refractivity contribution in [3.8, 4) is 0 Å². The molecule has 1 amide bonds. The van der Waals surface area contributed by atoms with Crippen molar-refractivity contribution < 1.29 is 9.53 Å². The van der Waals surface area contributed by atoms with Gasteiger partial charge in [0.25, 0.3) is 0 Å². The highest BCUT2D eigenvalue weighted by Gasteiger charge is 2.25. The van der Waals surface area contributed by atoms with Gasteiger partial charge in [-0.2, -0.15) is 5.10 Å². The zero-order valence-corrected chi connectivity index (χ0v) is 13.1. The van der Waals surface area contributed by atoms with E-state index in [0.717, 1.165) is 32.8 Å². The van der Waals surface area contributed by atoms with Crippen molar-refractivity contribution in [1.82, 2.24) is 25.0 Å². The van der Waals surface area contributed by atoms with Gasteiger partial charge in [0.05, 0.1) is 19.3 Å². The SMILES string of the molecule is CC(CC(=O)NC(C)(C)CN1CCOCC1)n1cncn1. The molecule has 0 bridgehead atoms. The topological polar surface area (TPSA) is 72.3 Å². The molecular weight excluding hydrogens is 270 g/mol. The first-order valence-corrected chi connectivity index (χ1v) is 7.41. The Morgan fingerprint density at radius 1 is 1.43 bits per heavy atom. The molecule has 7 nitrogen and oxygen atoms in total. The lowest BCUT2D eigenvalue weighted by atomic mass is 10.0. The Morgan fingerprint density at radius 3 is 2.76 bits per heavy atom. The summed E-state index contributed by atoms with van der Waals surface area (Å²) in [7, 11) is 0. The number of carbonyl (C=O) groups is 1. The fourth-order valence-corrected chi connectivity index (χ4v) is 2.59. The Kier molecular flexibility index (Phi) is 5.30. The second kappa shape index (κ2) is 7.00. The lowest BCUT2D eigenvalue weighted by Crippen LogP contribution is -2.53. The number of nitrogens with zero attached hydrogens (tertiary/aromatic N) is 4. The Labute approximate surface area is 125 Å². The summed E-state index contributed by atoms with van der Waals surface area (Å²) in [5.41, 5.74) is -0.253. The van der Waals surface area contributed by atoms with E-state index in [4.69, 9.17) is 4.74 Å². The van der Waals surface area contributed by atoms with Gasteiger partial charge in [-0.15, -0.1) is 0 Å². The molecule has 1 aromatic rings. The van der Waals surface area contributed by atoms with Crippen LogP contribution in [0.25, 0.3) is 0 Å². The van der Waals surface area contributed by atoms with Crippen molar-refractivity contribution in [3.63, 3.8) is 0 Å². The van der Waals surface area contributed by atoms with Crippen LogP contribution in [0.3, 0.4) is 0 Å². The van der Waals surface area contributed by atoms with Gasteiger partial charge < -0.3 is 10.1 Å². The largest absolute Gasteiger partial charge is 0.379 e. The molecule has 0 saturated carbocycles. The molecule has 21 heavy (non-hydrogen) atoms. The van der Waals surface area contributed by atoms with E-state index < -0.39 is 0 Å². The van der Waals surface area contributed by atoms with Crippen LogP contribution >= 0.6 is 0 Å². The smallest absolute Gasteiger partial charge is 0.222 e. The van der Waals surface area contributed by atoms with E-state index in [1.54, 1.807) is 11.0 Å². The summed E-state index contributed by atoms with van der Waals surface area (Å²) in [6.45, 7) is 10.3. The highest BCUT2D eigenvalue weighted by atomic mass is 16.5. The van der Waals surface area contributed by atoms with Crippen molar-refractivity contribution >= 4 is 5.91 Å². The molecule has 1 aliphatic rings. The minimum Gasteiger partial charge on any atom is -0.379 e. The van der Waals surface area contributed by atoms with Gasteiger partial charge in [0.2, 0.25) is 5.91 Å². The molecule has 1 fully saturated rings. The number of ether oxygens (including phenoxy) is 1. The van der Waals surface area contributed by atoms with Gasteiger partial charge in [0.15, 0.2) is 0 Å². The van der Waals surface area contributed by atoms with E-state index in [9.17, 15) is 4.79 Å². The molecule has 1 saturated heterocycles. The molecule has 0 aliphatic carbocycles. The van der Waals surface area contributed by atoms with E-state index in [-0.39, 0.29) is 17.5 Å². The number of carbonyl (C=O) groups excluding carboxylic acids is 1. The van der Waals surface area contributed by atoms with Crippen molar-refractivity contribution in [3.05, 3.63) is 12.7 Å². The number of rotatable bonds is 6. The number of nitrogens with one attached hydrogen (secondary N) is 1. The van der Waals surface area contributed by atoms with Crippen molar-refractivity contribution in [1.29, 1.82) is 0 Å². The minimum atomic E-state index is -0.253. The summed E-state index contributed by atoms with van der Waals surface area (Å²) in [4.78, 5) is 18.4. The molecule has 0 spiro atoms. The number of hydrogen-bond donors (Lipinski definition) is 1. The summed E-state index contributed by atoms with van der Waals surface area (Å²) in [5, 5.41) is 7.18. The molecule has 118 valence electrons. The first-order chi connectivity index (χ1) is 9.96. The van der Waals surface area contributed by atoms with E-state index in [1.807, 2.05) is 6.92 Å². The van der Waals surface area contributed by atoms with Gasteiger partial charge in [-0.3, -0.25) is 9.69 Å². The molecule has 0 radical (unpaired) electrons. The number of aromatic nitrogens is 3. The molecule has 2 rings (SSSR count). The lowest BCUT2D eigenvalue weighted by molar-refractivity contribution is -0.123. The van der Waals surface area contributed by atoms with E-state index in [1.165, 1.54) is 6.33 Å². The molecule has 1 unspecified atom stereocenters. The zero-order chi connectivity index (χ0) is 15.3. The average molecular weight is 295 g/mol. The molecule has 1 aromatic heterocycles. The third-order valence-electron chi connectivity index (χ3n) is 3.57. The maximum Gasteiger partial charge on any atom is 0.222 e. The van der Waals surface area contributed by atoms with E-state index >= 15 is 0 Å². The molecule has 1 aliphatic heterocycles. The normalized spacial score (nSPS) is 18.4. The Morgan fingerprint density at radius 2 is 2.14 bits per heavy atom. The van der Waals surface area contributed by atoms with Crippen molar-refractivity contribution in [2.75, 3.05) is 32.8 Å². The minimum absolute atomic E-state index is 0.00619. The van der Waals surface area contributed by atoms with E-state index in [0.29, 0.717) is 6.42 Å². The quantitative estimate of drug-likeness (QED) is 0.825. The third kappa shape index (κ3) is 5.09. The van der Waals surface area contributed by atoms with Gasteiger partial charge >= 0.3 is 0 Å². The van der Waals surface area contributed by atoms with Crippen LogP contribution in [0.4, 0.5) is 0 Å². The molecule has 1 atom stereocenters. The van der Waals surface area contributed by atoms with Crippen LogP contribution in [0.1, 0.15) is 33.2 Å². The molecule has 7 heteroatoms. The summed E-state index contributed by atoms with van der Waals surface area (Å²) < 4.78 is 7.05. The number of morpholine rings is 1. The van der Waals surface area contributed by atoms with Crippen LogP contribution in [0.15, 0.2) is 12.7 Å². The van der Waals surface area contributed by atoms with Gasteiger partial charge in [-0.25, -0.2) is 9.67 Å². The fraction of sp³-hybridized carbons (Fsp3) is 0.786. The second-order valence-electron chi connectivity index (χ2n) is 6.25. The Hall–Kier alpha value is -1.47. The second-order valence-corrected chi connectivity index (χ2v) is 6.25. The molecule has 1 N–H and O–H groups in total. The van der Waals surface area contributed by atoms with Crippen molar-refractivity contribution in [2.45, 2.75) is 38.8 Å². The summed E-state index contributed by atoms with van der Waals surface area (Å²) in [6.07, 6.45) is 3.52. The van der Waals surface area contributed by atoms with Crippen LogP contribution in [0.2, 0.25) is 0 Å². The molecule has 2 heterocycles. The monoisotopic (exact) mass is 295 g/mol. The predicted octanol–water partition coefficient (Wildman–Crippen LogP) is 0.456. The van der Waals surface area contributed by atoms with Crippen LogP contribution in [-0.2, 0) is 9.53 Å². The van der Waals surface area contributed by atoms with Crippen LogP contribution in [0, 0.1) is 0 Å². The highest BCUT2D eigenvalue weighted by molar-refractivity contribution is 5.77. The van der Waals surface area contributed by atoms with Gasteiger partial charge in [0.1, 0.15) is 12.7 Å². The van der Waals surface area contributed by atoms with Crippen LogP contribution in [0.5, 0.6) is 0 Å². The third-order valence-corrected chi connectivity index (χ3v) is 3.57. The number of hydrogen-bond acceptors (Lipinski definition) is 5. The summed E-state index contributed by atoms with van der Waals surface area (Å²) in [6, 6.07) is 0.00619. The average Bonchev–Trinajstić information content (AvgIpc) is 2.92. The first kappa shape index (κ1) is 15.9. The Balaban J connectivity index is 1.79. The van der Waals surface area contributed by atoms with Crippen LogP contribution in [-0.4, -0.2) is 64.0 Å². The summed E-state index contributed by atoms with van der Waals surface area (Å²) in [5.74, 6) is 0.0382. The maximum absolute atomic E-state index is 12.2. The van der Waals surface area contributed by atoms with Gasteiger partial charge in [-0.1, -0.05) is 0 Å². The molecule has 0 aromatic carbocycles. The standard InChI is InChI=1S/C14H25N5O2/c1-12(19-11-15-10-16-19)8-13(20)17-14(2,3)9-18-4-6-21-7-5-18/h10-12H,4-9H2,1-3H3,(H,17,20). The zero-order valence-electron chi connectivity index (χ0n) is 13.1.